The highest BCUT2D eigenvalue weighted by atomic mass is 32.2. The first-order chi connectivity index (χ1) is 12.1. The number of nitrogens with one attached hydrogen (secondary N) is 1. The zero-order valence-corrected chi connectivity index (χ0v) is 14.5. The van der Waals surface area contributed by atoms with Crippen LogP contribution in [-0.2, 0) is 21.3 Å². The third-order valence-electron chi connectivity index (χ3n) is 4.36. The van der Waals surface area contributed by atoms with E-state index in [1.807, 2.05) is 13.1 Å². The van der Waals surface area contributed by atoms with Crippen LogP contribution in [-0.4, -0.2) is 37.6 Å². The first-order valence-electron chi connectivity index (χ1n) is 8.13. The molecule has 0 radical (unpaired) electrons. The van der Waals surface area contributed by atoms with Gasteiger partial charge in [0.1, 0.15) is 6.10 Å². The first-order valence-corrected chi connectivity index (χ1v) is 9.61. The van der Waals surface area contributed by atoms with Gasteiger partial charge in [-0.3, -0.25) is 4.68 Å². The van der Waals surface area contributed by atoms with Crippen LogP contribution in [0.25, 0.3) is 0 Å². The van der Waals surface area contributed by atoms with Gasteiger partial charge in [0.25, 0.3) is 0 Å². The second kappa shape index (κ2) is 6.32. The highest BCUT2D eigenvalue weighted by Gasteiger charge is 2.34. The zero-order chi connectivity index (χ0) is 17.4. The van der Waals surface area contributed by atoms with Crippen molar-refractivity contribution in [1.29, 1.82) is 0 Å². The Labute approximate surface area is 145 Å². The van der Waals surface area contributed by atoms with E-state index in [1.54, 1.807) is 16.9 Å². The number of aromatic nitrogens is 2. The molecule has 0 spiro atoms. The Bertz CT molecular complexity index is 880. The molecule has 1 aromatic carbocycles. The maximum absolute atomic E-state index is 12.7. The lowest BCUT2D eigenvalue weighted by Crippen LogP contribution is -2.36. The predicted octanol–water partition coefficient (Wildman–Crippen LogP) is 1.44. The Balaban J connectivity index is 1.55. The van der Waals surface area contributed by atoms with Crippen molar-refractivity contribution in [1.82, 2.24) is 14.5 Å². The van der Waals surface area contributed by atoms with Crippen molar-refractivity contribution >= 4 is 10.0 Å². The van der Waals surface area contributed by atoms with Crippen molar-refractivity contribution in [2.45, 2.75) is 36.9 Å². The lowest BCUT2D eigenvalue weighted by molar-refractivity contribution is 0.102. The second-order valence-electron chi connectivity index (χ2n) is 5.95. The monoisotopic (exact) mass is 365 g/mol. The van der Waals surface area contributed by atoms with Crippen molar-refractivity contribution in [2.75, 3.05) is 13.4 Å². The summed E-state index contributed by atoms with van der Waals surface area (Å²) in [4.78, 5) is 0.145. The molecule has 0 aliphatic carbocycles. The Morgan fingerprint density at radius 2 is 2.16 bits per heavy atom. The van der Waals surface area contributed by atoms with Gasteiger partial charge in [0.2, 0.25) is 16.8 Å². The molecule has 2 atom stereocenters. The zero-order valence-electron chi connectivity index (χ0n) is 13.7. The standard InChI is InChI=1S/C16H19N3O5S/c1-2-19-9-11(8-17-19)16-13(5-6-22-16)18-25(20,21)12-3-4-14-15(7-12)24-10-23-14/h3-4,7-9,13,16,18H,2,5-6,10H2,1H3/t13-,16+/m0/s1. The van der Waals surface area contributed by atoms with Crippen molar-refractivity contribution in [2.24, 2.45) is 0 Å². The van der Waals surface area contributed by atoms with Crippen molar-refractivity contribution in [3.05, 3.63) is 36.2 Å². The summed E-state index contributed by atoms with van der Waals surface area (Å²) in [5, 5.41) is 4.24. The van der Waals surface area contributed by atoms with Crippen LogP contribution in [0.4, 0.5) is 0 Å². The summed E-state index contributed by atoms with van der Waals surface area (Å²) in [6, 6.07) is 4.25. The molecule has 2 aliphatic heterocycles. The van der Waals surface area contributed by atoms with Crippen molar-refractivity contribution in [3.63, 3.8) is 0 Å². The molecular weight excluding hydrogens is 346 g/mol. The van der Waals surface area contributed by atoms with Crippen molar-refractivity contribution < 1.29 is 22.6 Å². The smallest absolute Gasteiger partial charge is 0.241 e. The maximum atomic E-state index is 12.7. The molecule has 134 valence electrons. The van der Waals surface area contributed by atoms with Gasteiger partial charge in [-0.05, 0) is 25.5 Å². The summed E-state index contributed by atoms with van der Waals surface area (Å²) >= 11 is 0. The molecule has 1 fully saturated rings. The van der Waals surface area contributed by atoms with Crippen LogP contribution in [0.1, 0.15) is 25.0 Å². The Kier molecular flexibility index (Phi) is 4.14. The van der Waals surface area contributed by atoms with E-state index in [1.165, 1.54) is 12.1 Å². The first kappa shape index (κ1) is 16.4. The van der Waals surface area contributed by atoms with Crippen LogP contribution in [0.5, 0.6) is 11.5 Å². The maximum Gasteiger partial charge on any atom is 0.241 e. The average Bonchev–Trinajstić information content (AvgIpc) is 3.33. The van der Waals surface area contributed by atoms with Gasteiger partial charge in [0.15, 0.2) is 11.5 Å². The number of rotatable bonds is 5. The van der Waals surface area contributed by atoms with Crippen LogP contribution in [0.2, 0.25) is 0 Å². The van der Waals surface area contributed by atoms with E-state index in [0.29, 0.717) is 24.5 Å². The molecule has 0 unspecified atom stereocenters. The summed E-state index contributed by atoms with van der Waals surface area (Å²) in [6.07, 6.45) is 3.87. The molecule has 8 nitrogen and oxygen atoms in total. The quantitative estimate of drug-likeness (QED) is 0.862. The number of benzene rings is 1. The molecule has 2 aliphatic rings. The lowest BCUT2D eigenvalue weighted by Gasteiger charge is -2.19. The molecular formula is C16H19N3O5S. The molecule has 1 saturated heterocycles. The molecule has 4 rings (SSSR count). The molecule has 9 heteroatoms. The third kappa shape index (κ3) is 3.10. The van der Waals surface area contributed by atoms with Crippen molar-refractivity contribution in [3.8, 4) is 11.5 Å². The Hall–Kier alpha value is -2.10. The number of nitrogens with zero attached hydrogens (tertiary/aromatic N) is 2. The topological polar surface area (TPSA) is 91.7 Å². The number of hydrogen-bond donors (Lipinski definition) is 1. The Morgan fingerprint density at radius 3 is 2.96 bits per heavy atom. The van der Waals surface area contributed by atoms with E-state index < -0.39 is 10.0 Å². The van der Waals surface area contributed by atoms with E-state index >= 15 is 0 Å². The van der Waals surface area contributed by atoms with Crippen LogP contribution in [0.15, 0.2) is 35.5 Å². The molecule has 25 heavy (non-hydrogen) atoms. The third-order valence-corrected chi connectivity index (χ3v) is 5.85. The van der Waals surface area contributed by atoms with Gasteiger partial charge < -0.3 is 14.2 Å². The highest BCUT2D eigenvalue weighted by Crippen LogP contribution is 2.35. The number of aryl methyl sites for hydroxylation is 1. The van der Waals surface area contributed by atoms with Gasteiger partial charge in [0, 0.05) is 31.0 Å². The summed E-state index contributed by atoms with van der Waals surface area (Å²) in [5.74, 6) is 0.985. The van der Waals surface area contributed by atoms with E-state index in [9.17, 15) is 8.42 Å². The fourth-order valence-corrected chi connectivity index (χ4v) is 4.34. The number of fused-ring (bicyclic) bond motifs is 1. The van der Waals surface area contributed by atoms with Crippen LogP contribution < -0.4 is 14.2 Å². The van der Waals surface area contributed by atoms with Gasteiger partial charge in [-0.1, -0.05) is 0 Å². The SMILES string of the molecule is CCn1cc([C@H]2OCC[C@@H]2NS(=O)(=O)c2ccc3c(c2)OCO3)cn1. The van der Waals surface area contributed by atoms with Gasteiger partial charge in [-0.2, -0.15) is 5.10 Å². The normalized spacial score (nSPS) is 22.4. The predicted molar refractivity (Wildman–Crippen MR) is 87.9 cm³/mol. The van der Waals surface area contributed by atoms with E-state index in [2.05, 4.69) is 9.82 Å². The van der Waals surface area contributed by atoms with E-state index in [4.69, 9.17) is 14.2 Å². The molecule has 1 N–H and O–H groups in total. The molecule has 0 bridgehead atoms. The molecule has 0 saturated carbocycles. The summed E-state index contributed by atoms with van der Waals surface area (Å²) in [6.45, 7) is 3.34. The molecule has 2 aromatic rings. The van der Waals surface area contributed by atoms with Crippen LogP contribution >= 0.6 is 0 Å². The summed E-state index contributed by atoms with van der Waals surface area (Å²) in [7, 11) is -3.70. The number of hydrogen-bond acceptors (Lipinski definition) is 6. The fraction of sp³-hybridized carbons (Fsp3) is 0.438. The fourth-order valence-electron chi connectivity index (χ4n) is 3.05. The largest absolute Gasteiger partial charge is 0.454 e. The molecule has 3 heterocycles. The van der Waals surface area contributed by atoms with E-state index in [-0.39, 0.29) is 23.8 Å². The number of sulfonamides is 1. The minimum absolute atomic E-state index is 0.103. The minimum atomic E-state index is -3.70. The number of ether oxygens (including phenoxy) is 3. The van der Waals surface area contributed by atoms with Gasteiger partial charge >= 0.3 is 0 Å². The van der Waals surface area contributed by atoms with E-state index in [0.717, 1.165) is 12.1 Å². The van der Waals surface area contributed by atoms with Crippen LogP contribution in [0, 0.1) is 0 Å². The summed E-state index contributed by atoms with van der Waals surface area (Å²) in [5.41, 5.74) is 0.873. The molecule has 1 aromatic heterocycles. The van der Waals surface area contributed by atoms with Gasteiger partial charge in [-0.15, -0.1) is 0 Å². The van der Waals surface area contributed by atoms with Gasteiger partial charge in [-0.25, -0.2) is 13.1 Å². The average molecular weight is 365 g/mol. The minimum Gasteiger partial charge on any atom is -0.454 e. The lowest BCUT2D eigenvalue weighted by atomic mass is 10.1. The summed E-state index contributed by atoms with van der Waals surface area (Å²) < 4.78 is 46.2. The second-order valence-corrected chi connectivity index (χ2v) is 7.67. The van der Waals surface area contributed by atoms with Gasteiger partial charge in [0.05, 0.1) is 17.1 Å². The van der Waals surface area contributed by atoms with Crippen LogP contribution in [0.3, 0.4) is 0 Å². The Morgan fingerprint density at radius 1 is 1.32 bits per heavy atom. The molecule has 0 amide bonds. The highest BCUT2D eigenvalue weighted by molar-refractivity contribution is 7.89.